The monoisotopic (exact) mass is 392 g/mol. The molecule has 2 rings (SSSR count). The van der Waals surface area contributed by atoms with Gasteiger partial charge >= 0.3 is 0 Å². The van der Waals surface area contributed by atoms with E-state index in [1.807, 2.05) is 43.0 Å². The van der Waals surface area contributed by atoms with Crippen LogP contribution in [0.3, 0.4) is 0 Å². The number of amides is 1. The number of carbonyl (C=O) groups excluding carboxylic acids is 1. The predicted molar refractivity (Wildman–Crippen MR) is 114 cm³/mol. The molecule has 0 aliphatic heterocycles. The van der Waals surface area contributed by atoms with Crippen molar-refractivity contribution < 1.29 is 9.53 Å². The summed E-state index contributed by atoms with van der Waals surface area (Å²) in [5.41, 5.74) is 1.08. The van der Waals surface area contributed by atoms with Gasteiger partial charge in [0.2, 0.25) is 0 Å². The van der Waals surface area contributed by atoms with Crippen molar-refractivity contribution in [2.45, 2.75) is 50.4 Å². The van der Waals surface area contributed by atoms with Crippen LogP contribution in [0.5, 0.6) is 5.75 Å². The molecule has 6 nitrogen and oxygen atoms in total. The highest BCUT2D eigenvalue weighted by Gasteiger charge is 2.21. The van der Waals surface area contributed by atoms with E-state index in [9.17, 15) is 4.79 Å². The Labute approximate surface area is 166 Å². The van der Waals surface area contributed by atoms with E-state index in [0.717, 1.165) is 16.8 Å². The average Bonchev–Trinajstić information content (AvgIpc) is 2.70. The molecule has 3 N–H and O–H groups in total. The lowest BCUT2D eigenvalue weighted by molar-refractivity contribution is -0.122. The van der Waals surface area contributed by atoms with Crippen molar-refractivity contribution in [2.75, 3.05) is 26.5 Å². The quantitative estimate of drug-likeness (QED) is 0.468. The van der Waals surface area contributed by atoms with Crippen LogP contribution in [0.1, 0.15) is 38.2 Å². The van der Waals surface area contributed by atoms with Crippen LogP contribution >= 0.6 is 11.8 Å². The van der Waals surface area contributed by atoms with Crippen molar-refractivity contribution in [3.63, 3.8) is 0 Å². The van der Waals surface area contributed by atoms with Crippen LogP contribution in [0.2, 0.25) is 0 Å². The summed E-state index contributed by atoms with van der Waals surface area (Å²) in [5, 5.41) is 10.4. The highest BCUT2D eigenvalue weighted by molar-refractivity contribution is 7.99. The standard InChI is InChI=1S/C20H32N4O2S/c1-4-22-19(25)14-26-17-9-5-7-15(11-17)13-23-20(21-2)24-16-8-6-10-18(12-16)27-3/h5,7,9,11,16,18H,4,6,8,10,12-14H2,1-3H3,(H,22,25)(H2,21,23,24). The third kappa shape index (κ3) is 7.71. The van der Waals surface area contributed by atoms with Gasteiger partial charge < -0.3 is 20.7 Å². The van der Waals surface area contributed by atoms with Crippen LogP contribution in [0.25, 0.3) is 0 Å². The molecule has 0 bridgehead atoms. The molecule has 1 aromatic rings. The van der Waals surface area contributed by atoms with Crippen LogP contribution in [0.15, 0.2) is 29.3 Å². The molecule has 1 amide bonds. The maximum absolute atomic E-state index is 11.5. The number of hydrogen-bond acceptors (Lipinski definition) is 4. The number of benzene rings is 1. The summed E-state index contributed by atoms with van der Waals surface area (Å²) in [5.74, 6) is 1.41. The number of rotatable bonds is 8. The summed E-state index contributed by atoms with van der Waals surface area (Å²) in [6.45, 7) is 3.18. The Morgan fingerprint density at radius 2 is 2.19 bits per heavy atom. The van der Waals surface area contributed by atoms with Gasteiger partial charge in [0.05, 0.1) is 0 Å². The number of nitrogens with one attached hydrogen (secondary N) is 3. The van der Waals surface area contributed by atoms with Gasteiger partial charge in [-0.05, 0) is 50.1 Å². The summed E-state index contributed by atoms with van der Waals surface area (Å²) in [4.78, 5) is 15.9. The molecule has 1 aromatic carbocycles. The number of hydrogen-bond donors (Lipinski definition) is 3. The molecule has 1 aliphatic rings. The van der Waals surface area contributed by atoms with Gasteiger partial charge in [0.15, 0.2) is 12.6 Å². The Morgan fingerprint density at radius 1 is 1.33 bits per heavy atom. The molecule has 0 radical (unpaired) electrons. The molecule has 0 heterocycles. The van der Waals surface area contributed by atoms with E-state index in [-0.39, 0.29) is 12.5 Å². The van der Waals surface area contributed by atoms with Gasteiger partial charge in [-0.15, -0.1) is 0 Å². The van der Waals surface area contributed by atoms with E-state index in [1.54, 1.807) is 7.05 Å². The van der Waals surface area contributed by atoms with Crippen molar-refractivity contribution in [1.29, 1.82) is 0 Å². The van der Waals surface area contributed by atoms with Gasteiger partial charge in [-0.1, -0.05) is 18.6 Å². The fourth-order valence-electron chi connectivity index (χ4n) is 3.21. The molecule has 0 spiro atoms. The van der Waals surface area contributed by atoms with Crippen molar-refractivity contribution in [2.24, 2.45) is 4.99 Å². The second-order valence-electron chi connectivity index (χ2n) is 6.68. The topological polar surface area (TPSA) is 74.8 Å². The third-order valence-corrected chi connectivity index (χ3v) is 5.72. The minimum Gasteiger partial charge on any atom is -0.484 e. The number of thioether (sulfide) groups is 1. The molecule has 0 saturated heterocycles. The molecule has 1 fully saturated rings. The molecule has 7 heteroatoms. The molecule has 27 heavy (non-hydrogen) atoms. The maximum Gasteiger partial charge on any atom is 0.257 e. The fourth-order valence-corrected chi connectivity index (χ4v) is 4.03. The summed E-state index contributed by atoms with van der Waals surface area (Å²) < 4.78 is 5.55. The molecule has 0 aromatic heterocycles. The third-order valence-electron chi connectivity index (χ3n) is 4.63. The molecule has 2 unspecified atom stereocenters. The molecular weight excluding hydrogens is 360 g/mol. The number of ether oxygens (including phenoxy) is 1. The van der Waals surface area contributed by atoms with Crippen LogP contribution in [0, 0.1) is 0 Å². The number of aliphatic imine (C=N–C) groups is 1. The number of guanidine groups is 1. The van der Waals surface area contributed by atoms with Crippen molar-refractivity contribution in [3.8, 4) is 5.75 Å². The highest BCUT2D eigenvalue weighted by atomic mass is 32.2. The van der Waals surface area contributed by atoms with Gasteiger partial charge in [0.25, 0.3) is 5.91 Å². The predicted octanol–water partition coefficient (Wildman–Crippen LogP) is 2.54. The van der Waals surface area contributed by atoms with Crippen LogP contribution in [0.4, 0.5) is 0 Å². The maximum atomic E-state index is 11.5. The first-order valence-corrected chi connectivity index (χ1v) is 10.9. The zero-order chi connectivity index (χ0) is 19.5. The van der Waals surface area contributed by atoms with E-state index in [2.05, 4.69) is 27.2 Å². The Hall–Kier alpha value is -1.89. The summed E-state index contributed by atoms with van der Waals surface area (Å²) >= 11 is 1.96. The molecule has 2 atom stereocenters. The summed E-state index contributed by atoms with van der Waals surface area (Å²) in [6.07, 6.45) is 7.16. The Balaban J connectivity index is 1.81. The Kier molecular flexibility index (Phi) is 9.31. The van der Waals surface area contributed by atoms with Crippen molar-refractivity contribution in [1.82, 2.24) is 16.0 Å². The first kappa shape index (κ1) is 21.4. The minimum atomic E-state index is -0.110. The van der Waals surface area contributed by atoms with E-state index in [1.165, 1.54) is 25.7 Å². The van der Waals surface area contributed by atoms with E-state index in [0.29, 0.717) is 24.9 Å². The molecule has 1 aliphatic carbocycles. The minimum absolute atomic E-state index is 0.0340. The van der Waals surface area contributed by atoms with E-state index < -0.39 is 0 Å². The van der Waals surface area contributed by atoms with Crippen LogP contribution < -0.4 is 20.7 Å². The van der Waals surface area contributed by atoms with Gasteiger partial charge in [-0.2, -0.15) is 11.8 Å². The zero-order valence-corrected chi connectivity index (χ0v) is 17.4. The number of carbonyl (C=O) groups is 1. The average molecular weight is 393 g/mol. The summed E-state index contributed by atoms with van der Waals surface area (Å²) in [6, 6.07) is 8.26. The first-order chi connectivity index (χ1) is 13.1. The highest BCUT2D eigenvalue weighted by Crippen LogP contribution is 2.26. The van der Waals surface area contributed by atoms with Crippen LogP contribution in [-0.2, 0) is 11.3 Å². The smallest absolute Gasteiger partial charge is 0.257 e. The zero-order valence-electron chi connectivity index (χ0n) is 16.6. The normalized spacial score (nSPS) is 20.0. The SMILES string of the molecule is CCNC(=O)COc1cccc(CNC(=NC)NC2CCCC(SC)C2)c1. The first-order valence-electron chi connectivity index (χ1n) is 9.63. The Bertz CT molecular complexity index is 624. The van der Waals surface area contributed by atoms with Gasteiger partial charge in [-0.25, -0.2) is 0 Å². The summed E-state index contributed by atoms with van der Waals surface area (Å²) in [7, 11) is 1.80. The lowest BCUT2D eigenvalue weighted by Gasteiger charge is -2.29. The number of likely N-dealkylation sites (N-methyl/N-ethyl adjacent to an activating group) is 1. The lowest BCUT2D eigenvalue weighted by atomic mass is 9.95. The van der Waals surface area contributed by atoms with Crippen molar-refractivity contribution in [3.05, 3.63) is 29.8 Å². The second-order valence-corrected chi connectivity index (χ2v) is 7.82. The molecule has 150 valence electrons. The van der Waals surface area contributed by atoms with Crippen molar-refractivity contribution >= 4 is 23.6 Å². The lowest BCUT2D eigenvalue weighted by Crippen LogP contribution is -2.45. The van der Waals surface area contributed by atoms with Crippen LogP contribution in [-0.4, -0.2) is 49.6 Å². The van der Waals surface area contributed by atoms with E-state index in [4.69, 9.17) is 4.74 Å². The van der Waals surface area contributed by atoms with Gasteiger partial charge in [-0.3, -0.25) is 9.79 Å². The molecule has 1 saturated carbocycles. The van der Waals surface area contributed by atoms with E-state index >= 15 is 0 Å². The fraction of sp³-hybridized carbons (Fsp3) is 0.600. The Morgan fingerprint density at radius 3 is 2.93 bits per heavy atom. The number of nitrogens with zero attached hydrogens (tertiary/aromatic N) is 1. The largest absolute Gasteiger partial charge is 0.484 e. The van der Waals surface area contributed by atoms with Gasteiger partial charge in [0, 0.05) is 31.4 Å². The van der Waals surface area contributed by atoms with Gasteiger partial charge in [0.1, 0.15) is 5.75 Å². The molecular formula is C20H32N4O2S. The second kappa shape index (κ2) is 11.7.